The summed E-state index contributed by atoms with van der Waals surface area (Å²) >= 11 is 3.87. The normalized spacial score (nSPS) is 22.5. The van der Waals surface area contributed by atoms with Crippen LogP contribution in [-0.2, 0) is 10.8 Å². The summed E-state index contributed by atoms with van der Waals surface area (Å²) in [7, 11) is 0. The molecule has 0 fully saturated rings. The van der Waals surface area contributed by atoms with E-state index in [-0.39, 0.29) is 10.8 Å². The fourth-order valence-corrected chi connectivity index (χ4v) is 26.0. The number of benzene rings is 19. The molecule has 0 bridgehead atoms. The van der Waals surface area contributed by atoms with Crippen molar-refractivity contribution >= 4 is 312 Å². The average molecular weight is 930 g/mol. The summed E-state index contributed by atoms with van der Waals surface area (Å²) in [5.74, 6) is 0. The van der Waals surface area contributed by atoms with Crippen LogP contribution >= 0.6 is 15.9 Å². The largest absolute Gasteiger partial charge is 0.0794 e. The van der Waals surface area contributed by atoms with Gasteiger partial charge in [0.25, 0.3) is 0 Å². The summed E-state index contributed by atoms with van der Waals surface area (Å²) in [5.41, 5.74) is 9.72. The van der Waals surface area contributed by atoms with E-state index in [0.29, 0.717) is 0 Å². The van der Waals surface area contributed by atoms with Gasteiger partial charge in [0.05, 0.1) is 0 Å². The fourth-order valence-electron chi connectivity index (χ4n) is 25.8. The lowest BCUT2D eigenvalue weighted by Crippen LogP contribution is -2.53. The molecular formula is C70H9Br. The average Bonchev–Trinajstić information content (AvgIpc) is 4.35. The van der Waals surface area contributed by atoms with Crippen molar-refractivity contribution in [2.24, 2.45) is 0 Å². The zero-order valence-corrected chi connectivity index (χ0v) is 37.8. The minimum Gasteiger partial charge on any atom is -0.0794 e. The number of halogens is 1. The topological polar surface area (TPSA) is 0 Å². The number of rotatable bonds is 1. The van der Waals surface area contributed by atoms with Gasteiger partial charge in [0, 0.05) is 15.3 Å². The predicted molar refractivity (Wildman–Crippen MR) is 305 cm³/mol. The lowest BCUT2D eigenvalue weighted by atomic mass is 9.44. The van der Waals surface area contributed by atoms with E-state index in [9.17, 15) is 0 Å². The molecule has 0 radical (unpaired) electrons. The molecule has 0 unspecified atom stereocenters. The zero-order valence-electron chi connectivity index (χ0n) is 36.2. The number of hydrogen-bond acceptors (Lipinski definition) is 0. The van der Waals surface area contributed by atoms with Crippen LogP contribution in [0.1, 0.15) is 40.7 Å². The first-order valence-corrected chi connectivity index (χ1v) is 27.3. The van der Waals surface area contributed by atoms with Gasteiger partial charge in [-0.05, 0) is 349 Å². The van der Waals surface area contributed by atoms with Crippen LogP contribution in [0.25, 0.3) is 296 Å². The van der Waals surface area contributed by atoms with E-state index >= 15 is 0 Å². The molecule has 0 amide bonds. The van der Waals surface area contributed by atoms with Gasteiger partial charge in [-0.3, -0.25) is 0 Å². The molecule has 0 N–H and O–H groups in total. The highest BCUT2D eigenvalue weighted by Gasteiger charge is 2.70. The van der Waals surface area contributed by atoms with Gasteiger partial charge in [0.15, 0.2) is 0 Å². The van der Waals surface area contributed by atoms with Gasteiger partial charge >= 0.3 is 0 Å². The van der Waals surface area contributed by atoms with Crippen LogP contribution < -0.4 is 0 Å². The molecule has 0 saturated carbocycles. The summed E-state index contributed by atoms with van der Waals surface area (Å²) in [5, 5.41) is 90.7. The van der Waals surface area contributed by atoms with E-state index in [4.69, 9.17) is 0 Å². The molecule has 5 aliphatic carbocycles. The molecule has 0 heterocycles. The highest BCUT2D eigenvalue weighted by Crippen LogP contribution is 2.86. The second kappa shape index (κ2) is 6.11. The van der Waals surface area contributed by atoms with Gasteiger partial charge in [0.2, 0.25) is 0 Å². The lowest BCUT2D eigenvalue weighted by Gasteiger charge is -2.56. The Morgan fingerprint density at radius 2 is 0.408 bits per heavy atom. The molecule has 296 valence electrons. The molecule has 0 aliphatic heterocycles. The molecule has 0 nitrogen and oxygen atoms in total. The molecule has 29 aromatic rings. The molecule has 34 rings (SSSR count). The minimum absolute atomic E-state index is 0.197. The quantitative estimate of drug-likeness (QED) is 0.144. The summed E-state index contributed by atoms with van der Waals surface area (Å²) in [6, 6.07) is 9.51. The molecule has 0 aromatic heterocycles. The molecule has 2 spiro atoms. The third kappa shape index (κ3) is 1.46. The third-order valence-electron chi connectivity index (χ3n) is 26.0. The van der Waals surface area contributed by atoms with Gasteiger partial charge in [-0.1, -0.05) is 34.1 Å². The molecule has 0 atom stereocenters. The third-order valence-corrected chi connectivity index (χ3v) is 26.5. The highest BCUT2D eigenvalue weighted by atomic mass is 79.9. The summed E-state index contributed by atoms with van der Waals surface area (Å²) in [4.78, 5) is 0. The van der Waals surface area contributed by atoms with Crippen molar-refractivity contribution in [1.82, 2.24) is 0 Å². The van der Waals surface area contributed by atoms with Crippen molar-refractivity contribution in [1.29, 1.82) is 0 Å². The van der Waals surface area contributed by atoms with Crippen LogP contribution in [0.15, 0.2) is 34.8 Å². The van der Waals surface area contributed by atoms with E-state index in [1.807, 2.05) is 0 Å². The summed E-state index contributed by atoms with van der Waals surface area (Å²) in [6.07, 6.45) is 4.94. The van der Waals surface area contributed by atoms with E-state index < -0.39 is 0 Å². The van der Waals surface area contributed by atoms with Gasteiger partial charge < -0.3 is 0 Å². The maximum absolute atomic E-state index is 3.87. The first-order valence-electron chi connectivity index (χ1n) is 26.5. The van der Waals surface area contributed by atoms with Crippen molar-refractivity contribution in [3.63, 3.8) is 0 Å². The second-order valence-electron chi connectivity index (χ2n) is 26.2. The van der Waals surface area contributed by atoms with Crippen LogP contribution in [0.3, 0.4) is 0 Å². The van der Waals surface area contributed by atoms with Crippen LogP contribution in [0.2, 0.25) is 0 Å². The molecule has 29 aromatic carbocycles. The SMILES string of the molecule is Brc1ccc(C2=CCC34c5c6c7c8c9c%10c(c%11c%12c3c3c5c5c%13c6c6c7c7c9c9c%14c%10c%10c%11c%11c%12c%12c3c3c5c5c%13c%13c6c6c7c9c7c9c%14c%10c%10c%11c%11c%12c3c3c5c5c%13c6c7c6c9c%10c%11c3c56)C84C2)cc1. The Labute approximate surface area is 396 Å². The van der Waals surface area contributed by atoms with Crippen molar-refractivity contribution < 1.29 is 0 Å². The maximum atomic E-state index is 3.87. The lowest BCUT2D eigenvalue weighted by molar-refractivity contribution is 0.319. The van der Waals surface area contributed by atoms with Crippen LogP contribution in [-0.4, -0.2) is 0 Å². The summed E-state index contributed by atoms with van der Waals surface area (Å²) in [6.45, 7) is 0. The number of hydrogen-bond donors (Lipinski definition) is 0. The maximum Gasteiger partial charge on any atom is 0.0409 e. The Morgan fingerprint density at radius 3 is 0.620 bits per heavy atom. The van der Waals surface area contributed by atoms with E-state index in [0.717, 1.165) is 12.8 Å². The highest BCUT2D eigenvalue weighted by molar-refractivity contribution is 9.10. The first kappa shape index (κ1) is 26.8. The Balaban J connectivity index is 1.15. The smallest absolute Gasteiger partial charge is 0.0409 e. The number of allylic oxidation sites excluding steroid dienone is 2. The van der Waals surface area contributed by atoms with Crippen LogP contribution in [0.4, 0.5) is 0 Å². The van der Waals surface area contributed by atoms with E-state index in [1.165, 1.54) is 10.0 Å². The Hall–Kier alpha value is -8.10. The van der Waals surface area contributed by atoms with Crippen molar-refractivity contribution in [3.8, 4) is 0 Å². The summed E-state index contributed by atoms with van der Waals surface area (Å²) < 4.78 is 1.17. The Morgan fingerprint density at radius 1 is 0.225 bits per heavy atom. The fraction of sp³-hybridized carbons (Fsp3) is 0.0571. The molecule has 71 heavy (non-hydrogen) atoms. The molecule has 0 saturated heterocycles. The van der Waals surface area contributed by atoms with Crippen molar-refractivity contribution in [3.05, 3.63) is 62.6 Å². The Bertz CT molecular complexity index is 7280. The first-order chi connectivity index (χ1) is 35.3. The Kier molecular flexibility index (Phi) is 2.30. The minimum atomic E-state index is -0.227. The van der Waals surface area contributed by atoms with Crippen molar-refractivity contribution in [2.45, 2.75) is 23.7 Å². The molecule has 1 heteroatoms. The molecule has 5 aliphatic rings. The second-order valence-corrected chi connectivity index (χ2v) is 27.1. The van der Waals surface area contributed by atoms with Crippen LogP contribution in [0, 0.1) is 0 Å². The van der Waals surface area contributed by atoms with Gasteiger partial charge in [-0.15, -0.1) is 0 Å². The molecular weight excluding hydrogens is 921 g/mol. The van der Waals surface area contributed by atoms with Gasteiger partial charge in [0.1, 0.15) is 0 Å². The zero-order chi connectivity index (χ0) is 42.2. The standard InChI is InChI=1S/C70H9Br/c71-10-3-1-8(2-4-10)9-5-6-69-65-57-49-39-29-21-13-11-12-15-19-17(13)25-33-27(19)37-31-23(15)24-16(12)20-18-14(11)22(21)30-36-26(18)34-28(20)38-32(24)42-41(31)51-45(37)55-47(33)53(43(49)35(25)29)59(65)61(55)67-63(51)64-52(42)46(38)56-48(34)54-44(36)50(40(30)39)58(57)66(69)60(54)62(56)68(64)70(67,69)7-9/h1-5H,6-7H2. The van der Waals surface area contributed by atoms with Crippen molar-refractivity contribution in [2.75, 3.05) is 0 Å². The monoisotopic (exact) mass is 928 g/mol. The van der Waals surface area contributed by atoms with Gasteiger partial charge in [-0.2, -0.15) is 0 Å². The van der Waals surface area contributed by atoms with E-state index in [1.54, 1.807) is 319 Å². The van der Waals surface area contributed by atoms with Crippen LogP contribution in [0.5, 0.6) is 0 Å². The predicted octanol–water partition coefficient (Wildman–Crippen LogP) is 19.9. The van der Waals surface area contributed by atoms with Gasteiger partial charge in [-0.25, -0.2) is 0 Å². The van der Waals surface area contributed by atoms with E-state index in [2.05, 4.69) is 46.3 Å².